The monoisotopic (exact) mass is 374 g/mol. The van der Waals surface area contributed by atoms with Crippen molar-refractivity contribution in [3.63, 3.8) is 0 Å². The molecular formula is C19H23ClN4O2. The molecule has 2 aromatic rings. The van der Waals surface area contributed by atoms with E-state index in [0.29, 0.717) is 39.3 Å². The number of methoxy groups -OCH3 is 2. The lowest BCUT2D eigenvalue weighted by Gasteiger charge is -2.19. The van der Waals surface area contributed by atoms with E-state index in [1.807, 2.05) is 6.92 Å². The van der Waals surface area contributed by atoms with Crippen LogP contribution in [0.4, 0.5) is 5.82 Å². The number of rotatable bonds is 7. The number of ether oxygens (including phenoxy) is 2. The lowest BCUT2D eigenvalue weighted by molar-refractivity contribution is 0.397. The molecule has 26 heavy (non-hydrogen) atoms. The Morgan fingerprint density at radius 1 is 1.15 bits per heavy atom. The molecule has 0 atom stereocenters. The highest BCUT2D eigenvalue weighted by Gasteiger charge is 2.21. The van der Waals surface area contributed by atoms with Gasteiger partial charge in [-0.05, 0) is 31.9 Å². The summed E-state index contributed by atoms with van der Waals surface area (Å²) in [7, 11) is 3.09. The van der Waals surface area contributed by atoms with Crippen LogP contribution in [0.1, 0.15) is 38.1 Å². The van der Waals surface area contributed by atoms with Gasteiger partial charge in [-0.3, -0.25) is 0 Å². The Bertz CT molecular complexity index is 804. The zero-order valence-electron chi connectivity index (χ0n) is 15.7. The smallest absolute Gasteiger partial charge is 0.183 e. The van der Waals surface area contributed by atoms with Gasteiger partial charge in [-0.2, -0.15) is 5.26 Å². The molecule has 0 saturated carbocycles. The van der Waals surface area contributed by atoms with Crippen LogP contribution < -0.4 is 14.8 Å². The third-order valence-electron chi connectivity index (χ3n) is 4.21. The average Bonchev–Trinajstić information content (AvgIpc) is 2.65. The molecule has 1 N–H and O–H groups in total. The molecular weight excluding hydrogens is 352 g/mol. The van der Waals surface area contributed by atoms with Crippen LogP contribution >= 0.6 is 11.6 Å². The van der Waals surface area contributed by atoms with E-state index in [1.54, 1.807) is 26.4 Å². The molecule has 138 valence electrons. The summed E-state index contributed by atoms with van der Waals surface area (Å²) in [5, 5.41) is 13.4. The highest BCUT2D eigenvalue weighted by Crippen LogP contribution is 2.41. The lowest BCUT2D eigenvalue weighted by Crippen LogP contribution is -2.19. The standard InChI is InChI=1S/C19H23ClN4O2/c1-6-13(7-2)23-19-14(10-21)24-18(11(3)22-19)17-15(25-4)8-12(20)9-16(17)26-5/h8-9,13H,6-7H2,1-5H3,(H,22,23). The summed E-state index contributed by atoms with van der Waals surface area (Å²) in [6.45, 7) is 6.02. The van der Waals surface area contributed by atoms with Crippen LogP contribution in [0, 0.1) is 18.3 Å². The fraction of sp³-hybridized carbons (Fsp3) is 0.421. The molecule has 1 heterocycles. The second kappa shape index (κ2) is 8.72. The third kappa shape index (κ3) is 4.00. The van der Waals surface area contributed by atoms with E-state index in [4.69, 9.17) is 21.1 Å². The van der Waals surface area contributed by atoms with Gasteiger partial charge in [-0.1, -0.05) is 25.4 Å². The minimum atomic E-state index is 0.233. The first-order valence-electron chi connectivity index (χ1n) is 8.46. The van der Waals surface area contributed by atoms with Crippen molar-refractivity contribution < 1.29 is 9.47 Å². The quantitative estimate of drug-likeness (QED) is 0.763. The molecule has 7 heteroatoms. The van der Waals surface area contributed by atoms with Crippen molar-refractivity contribution in [2.75, 3.05) is 19.5 Å². The molecule has 0 bridgehead atoms. The molecule has 0 radical (unpaired) electrons. The fourth-order valence-corrected chi connectivity index (χ4v) is 2.93. The number of hydrogen-bond acceptors (Lipinski definition) is 6. The van der Waals surface area contributed by atoms with Gasteiger partial charge in [-0.25, -0.2) is 9.97 Å². The molecule has 1 aromatic carbocycles. The van der Waals surface area contributed by atoms with Crippen LogP contribution in [0.25, 0.3) is 11.3 Å². The van der Waals surface area contributed by atoms with Crippen LogP contribution in [-0.2, 0) is 0 Å². The molecule has 0 unspecified atom stereocenters. The van der Waals surface area contributed by atoms with E-state index in [2.05, 4.69) is 35.2 Å². The number of benzene rings is 1. The second-order valence-electron chi connectivity index (χ2n) is 5.81. The van der Waals surface area contributed by atoms with Crippen molar-refractivity contribution in [1.82, 2.24) is 9.97 Å². The van der Waals surface area contributed by atoms with Gasteiger partial charge < -0.3 is 14.8 Å². The van der Waals surface area contributed by atoms with Gasteiger partial charge in [0.1, 0.15) is 23.3 Å². The Morgan fingerprint density at radius 3 is 2.19 bits per heavy atom. The molecule has 2 rings (SSSR count). The van der Waals surface area contributed by atoms with Crippen LogP contribution in [0.2, 0.25) is 5.02 Å². The zero-order valence-corrected chi connectivity index (χ0v) is 16.4. The summed E-state index contributed by atoms with van der Waals surface area (Å²) >= 11 is 6.12. The predicted molar refractivity (Wildman–Crippen MR) is 103 cm³/mol. The number of nitriles is 1. The molecule has 6 nitrogen and oxygen atoms in total. The Morgan fingerprint density at radius 2 is 1.73 bits per heavy atom. The number of aromatic nitrogens is 2. The van der Waals surface area contributed by atoms with Crippen molar-refractivity contribution >= 4 is 17.4 Å². The zero-order chi connectivity index (χ0) is 19.3. The van der Waals surface area contributed by atoms with Crippen molar-refractivity contribution in [1.29, 1.82) is 5.26 Å². The minimum Gasteiger partial charge on any atom is -0.496 e. The molecule has 0 aliphatic rings. The molecule has 0 aliphatic heterocycles. The maximum atomic E-state index is 9.56. The second-order valence-corrected chi connectivity index (χ2v) is 6.25. The summed E-state index contributed by atoms with van der Waals surface area (Å²) < 4.78 is 10.9. The first kappa shape index (κ1) is 19.8. The number of halogens is 1. The SMILES string of the molecule is CCC(CC)Nc1nc(C)c(-c2c(OC)cc(Cl)cc2OC)nc1C#N. The topological polar surface area (TPSA) is 80.1 Å². The van der Waals surface area contributed by atoms with Crippen molar-refractivity contribution in [2.45, 2.75) is 39.7 Å². The van der Waals surface area contributed by atoms with Crippen LogP contribution in [0.15, 0.2) is 12.1 Å². The lowest BCUT2D eigenvalue weighted by atomic mass is 10.1. The molecule has 0 amide bonds. The highest BCUT2D eigenvalue weighted by molar-refractivity contribution is 6.31. The fourth-order valence-electron chi connectivity index (χ4n) is 2.73. The molecule has 1 aromatic heterocycles. The van der Waals surface area contributed by atoms with Crippen LogP contribution in [0.5, 0.6) is 11.5 Å². The van der Waals surface area contributed by atoms with Crippen LogP contribution in [-0.4, -0.2) is 30.2 Å². The number of hydrogen-bond donors (Lipinski definition) is 1. The summed E-state index contributed by atoms with van der Waals surface area (Å²) in [6, 6.07) is 5.73. The minimum absolute atomic E-state index is 0.233. The third-order valence-corrected chi connectivity index (χ3v) is 4.43. The van der Waals surface area contributed by atoms with Gasteiger partial charge in [0, 0.05) is 11.1 Å². The number of nitrogens with zero attached hydrogens (tertiary/aromatic N) is 3. The Labute approximate surface area is 159 Å². The van der Waals surface area contributed by atoms with Gasteiger partial charge in [0.15, 0.2) is 11.5 Å². The highest BCUT2D eigenvalue weighted by atomic mass is 35.5. The Balaban J connectivity index is 2.64. The largest absolute Gasteiger partial charge is 0.496 e. The molecule has 0 aliphatic carbocycles. The Kier molecular flexibility index (Phi) is 6.64. The number of aryl methyl sites for hydroxylation is 1. The van der Waals surface area contributed by atoms with E-state index in [1.165, 1.54) is 0 Å². The molecule has 0 saturated heterocycles. The Hall–Kier alpha value is -2.52. The van der Waals surface area contributed by atoms with Gasteiger partial charge in [-0.15, -0.1) is 0 Å². The van der Waals surface area contributed by atoms with E-state index in [-0.39, 0.29) is 11.7 Å². The number of nitrogens with one attached hydrogen (secondary N) is 1. The van der Waals surface area contributed by atoms with E-state index >= 15 is 0 Å². The average molecular weight is 375 g/mol. The van der Waals surface area contributed by atoms with E-state index < -0.39 is 0 Å². The normalized spacial score (nSPS) is 10.5. The first-order chi connectivity index (χ1) is 12.5. The van der Waals surface area contributed by atoms with Crippen molar-refractivity contribution in [3.05, 3.63) is 28.5 Å². The van der Waals surface area contributed by atoms with Gasteiger partial charge >= 0.3 is 0 Å². The predicted octanol–water partition coefficient (Wildman–Crippen LogP) is 4.59. The van der Waals surface area contributed by atoms with Crippen molar-refractivity contribution in [3.8, 4) is 28.8 Å². The van der Waals surface area contributed by atoms with E-state index in [0.717, 1.165) is 12.8 Å². The maximum absolute atomic E-state index is 9.56. The molecule has 0 fully saturated rings. The van der Waals surface area contributed by atoms with E-state index in [9.17, 15) is 5.26 Å². The van der Waals surface area contributed by atoms with Gasteiger partial charge in [0.2, 0.25) is 0 Å². The summed E-state index contributed by atoms with van der Waals surface area (Å²) in [5.74, 6) is 1.52. The summed E-state index contributed by atoms with van der Waals surface area (Å²) in [5.41, 5.74) is 2.05. The summed E-state index contributed by atoms with van der Waals surface area (Å²) in [6.07, 6.45) is 1.87. The van der Waals surface area contributed by atoms with Gasteiger partial charge in [0.05, 0.1) is 25.5 Å². The molecule has 0 spiro atoms. The maximum Gasteiger partial charge on any atom is 0.183 e. The first-order valence-corrected chi connectivity index (χ1v) is 8.83. The summed E-state index contributed by atoms with van der Waals surface area (Å²) in [4.78, 5) is 9.13. The number of anilines is 1. The van der Waals surface area contributed by atoms with Gasteiger partial charge in [0.25, 0.3) is 0 Å². The van der Waals surface area contributed by atoms with Crippen molar-refractivity contribution in [2.24, 2.45) is 0 Å². The van der Waals surface area contributed by atoms with Crippen LogP contribution in [0.3, 0.4) is 0 Å².